The lowest BCUT2D eigenvalue weighted by atomic mass is 10.0. The van der Waals surface area contributed by atoms with Crippen molar-refractivity contribution in [1.29, 1.82) is 0 Å². The molecule has 2 rings (SSSR count). The maximum absolute atomic E-state index is 12.1. The van der Waals surface area contributed by atoms with Crippen molar-refractivity contribution in [2.75, 3.05) is 18.1 Å². The zero-order valence-electron chi connectivity index (χ0n) is 12.4. The summed E-state index contributed by atoms with van der Waals surface area (Å²) in [5, 5.41) is 0. The Bertz CT molecular complexity index is 554. The van der Waals surface area contributed by atoms with Gasteiger partial charge in [-0.3, -0.25) is 0 Å². The van der Waals surface area contributed by atoms with E-state index in [1.807, 2.05) is 13.0 Å². The standard InChI is InChI=1S/C15H24N2O3S/c1-12(13-6-2-3-7-13)17-21(18,19)11-10-20-15-9-5-4-8-14(15)16/h4-5,8-9,12-13,17H,2-3,6-7,10-11,16H2,1H3. The minimum absolute atomic E-state index is 0.000653. The highest BCUT2D eigenvalue weighted by atomic mass is 32.2. The number of para-hydroxylation sites is 2. The van der Waals surface area contributed by atoms with E-state index >= 15 is 0 Å². The second kappa shape index (κ2) is 7.13. The summed E-state index contributed by atoms with van der Waals surface area (Å²) in [5.41, 5.74) is 6.26. The van der Waals surface area contributed by atoms with E-state index in [1.54, 1.807) is 18.2 Å². The summed E-state index contributed by atoms with van der Waals surface area (Å²) in [6.07, 6.45) is 4.63. The van der Waals surface area contributed by atoms with Gasteiger partial charge in [-0.05, 0) is 37.8 Å². The Morgan fingerprint density at radius 3 is 2.67 bits per heavy atom. The monoisotopic (exact) mass is 312 g/mol. The molecule has 1 atom stereocenters. The molecule has 0 heterocycles. The molecule has 1 unspecified atom stereocenters. The van der Waals surface area contributed by atoms with E-state index in [1.165, 1.54) is 12.8 Å². The Balaban J connectivity index is 1.80. The fraction of sp³-hybridized carbons (Fsp3) is 0.600. The van der Waals surface area contributed by atoms with Gasteiger partial charge >= 0.3 is 0 Å². The van der Waals surface area contributed by atoms with Crippen LogP contribution >= 0.6 is 0 Å². The molecule has 1 aromatic carbocycles. The van der Waals surface area contributed by atoms with Crippen LogP contribution in [0.25, 0.3) is 0 Å². The highest BCUT2D eigenvalue weighted by Crippen LogP contribution is 2.27. The van der Waals surface area contributed by atoms with Gasteiger partial charge in [0.1, 0.15) is 12.4 Å². The molecule has 0 amide bonds. The predicted molar refractivity (Wildman–Crippen MR) is 84.7 cm³/mol. The zero-order valence-corrected chi connectivity index (χ0v) is 13.2. The van der Waals surface area contributed by atoms with E-state index in [0.29, 0.717) is 17.4 Å². The van der Waals surface area contributed by atoms with Crippen molar-refractivity contribution in [1.82, 2.24) is 4.72 Å². The summed E-state index contributed by atoms with van der Waals surface area (Å²) in [6.45, 7) is 2.05. The molecule has 1 saturated carbocycles. The number of benzene rings is 1. The van der Waals surface area contributed by atoms with Crippen LogP contribution in [0.1, 0.15) is 32.6 Å². The number of sulfonamides is 1. The van der Waals surface area contributed by atoms with E-state index < -0.39 is 10.0 Å². The Kier molecular flexibility index (Phi) is 5.47. The Labute approximate surface area is 126 Å². The summed E-state index contributed by atoms with van der Waals surface area (Å²) in [5.74, 6) is 0.931. The second-order valence-electron chi connectivity index (χ2n) is 5.66. The van der Waals surface area contributed by atoms with Gasteiger partial charge in [0.25, 0.3) is 0 Å². The van der Waals surface area contributed by atoms with Crippen molar-refractivity contribution in [2.24, 2.45) is 5.92 Å². The minimum Gasteiger partial charge on any atom is -0.490 e. The minimum atomic E-state index is -3.32. The molecule has 118 valence electrons. The molecular weight excluding hydrogens is 288 g/mol. The van der Waals surface area contributed by atoms with Crippen LogP contribution in [0.15, 0.2) is 24.3 Å². The number of nitrogen functional groups attached to an aromatic ring is 1. The summed E-state index contributed by atoms with van der Waals surface area (Å²) in [4.78, 5) is 0. The van der Waals surface area contributed by atoms with Crippen molar-refractivity contribution in [3.63, 3.8) is 0 Å². The molecule has 5 nitrogen and oxygen atoms in total. The van der Waals surface area contributed by atoms with Crippen LogP contribution in [0.4, 0.5) is 5.69 Å². The molecule has 3 N–H and O–H groups in total. The first-order chi connectivity index (χ1) is 9.98. The molecule has 1 fully saturated rings. The lowest BCUT2D eigenvalue weighted by Gasteiger charge is -2.20. The Morgan fingerprint density at radius 1 is 1.33 bits per heavy atom. The molecule has 0 aromatic heterocycles. The second-order valence-corrected chi connectivity index (χ2v) is 7.53. The molecule has 0 aliphatic heterocycles. The number of hydrogen-bond donors (Lipinski definition) is 2. The van der Waals surface area contributed by atoms with Crippen LogP contribution < -0.4 is 15.2 Å². The largest absolute Gasteiger partial charge is 0.490 e. The quantitative estimate of drug-likeness (QED) is 0.756. The van der Waals surface area contributed by atoms with Crippen molar-refractivity contribution >= 4 is 15.7 Å². The van der Waals surface area contributed by atoms with Crippen molar-refractivity contribution in [2.45, 2.75) is 38.6 Å². The predicted octanol–water partition coefficient (Wildman–Crippen LogP) is 2.15. The van der Waals surface area contributed by atoms with Gasteiger partial charge < -0.3 is 10.5 Å². The normalized spacial score (nSPS) is 17.8. The van der Waals surface area contributed by atoms with Crippen molar-refractivity contribution in [3.8, 4) is 5.75 Å². The molecular formula is C15H24N2O3S. The van der Waals surface area contributed by atoms with Gasteiger partial charge in [-0.15, -0.1) is 0 Å². The summed E-state index contributed by atoms with van der Waals surface area (Å²) in [6, 6.07) is 7.07. The molecule has 0 saturated heterocycles. The number of hydrogen-bond acceptors (Lipinski definition) is 4. The lowest BCUT2D eigenvalue weighted by molar-refractivity contribution is 0.340. The molecule has 1 aliphatic carbocycles. The van der Waals surface area contributed by atoms with E-state index in [9.17, 15) is 8.42 Å². The first-order valence-electron chi connectivity index (χ1n) is 7.45. The molecule has 1 aliphatic rings. The summed E-state index contributed by atoms with van der Waals surface area (Å²) >= 11 is 0. The summed E-state index contributed by atoms with van der Waals surface area (Å²) < 4.78 is 32.3. The van der Waals surface area contributed by atoms with Crippen LogP contribution in [0.3, 0.4) is 0 Å². The third-order valence-electron chi connectivity index (χ3n) is 4.00. The fourth-order valence-electron chi connectivity index (χ4n) is 2.77. The number of nitrogens with one attached hydrogen (secondary N) is 1. The topological polar surface area (TPSA) is 81.4 Å². The Hall–Kier alpha value is -1.27. The highest BCUT2D eigenvalue weighted by molar-refractivity contribution is 7.89. The van der Waals surface area contributed by atoms with Gasteiger partial charge in [0.15, 0.2) is 0 Å². The molecule has 0 radical (unpaired) electrons. The number of nitrogens with two attached hydrogens (primary N) is 1. The van der Waals surface area contributed by atoms with Gasteiger partial charge in [-0.25, -0.2) is 13.1 Å². The third kappa shape index (κ3) is 4.89. The van der Waals surface area contributed by atoms with Crippen LogP contribution in [-0.4, -0.2) is 26.8 Å². The van der Waals surface area contributed by atoms with Gasteiger partial charge in [-0.1, -0.05) is 25.0 Å². The first-order valence-corrected chi connectivity index (χ1v) is 9.10. The van der Waals surface area contributed by atoms with Crippen LogP contribution in [-0.2, 0) is 10.0 Å². The van der Waals surface area contributed by atoms with Crippen molar-refractivity contribution < 1.29 is 13.2 Å². The van der Waals surface area contributed by atoms with Gasteiger partial charge in [0, 0.05) is 6.04 Å². The number of anilines is 1. The third-order valence-corrected chi connectivity index (χ3v) is 5.44. The molecule has 21 heavy (non-hydrogen) atoms. The van der Waals surface area contributed by atoms with Gasteiger partial charge in [-0.2, -0.15) is 0 Å². The fourth-order valence-corrected chi connectivity index (χ4v) is 3.95. The number of ether oxygens (including phenoxy) is 1. The SMILES string of the molecule is CC(NS(=O)(=O)CCOc1ccccc1N)C1CCCC1. The van der Waals surface area contributed by atoms with Crippen LogP contribution in [0, 0.1) is 5.92 Å². The first kappa shape index (κ1) is 16.1. The van der Waals surface area contributed by atoms with Crippen molar-refractivity contribution in [3.05, 3.63) is 24.3 Å². The maximum atomic E-state index is 12.1. The van der Waals surface area contributed by atoms with Crippen LogP contribution in [0.2, 0.25) is 0 Å². The Morgan fingerprint density at radius 2 is 2.00 bits per heavy atom. The molecule has 0 spiro atoms. The highest BCUT2D eigenvalue weighted by Gasteiger charge is 2.25. The molecule has 0 bridgehead atoms. The molecule has 6 heteroatoms. The smallest absolute Gasteiger partial charge is 0.215 e. The maximum Gasteiger partial charge on any atom is 0.215 e. The summed E-state index contributed by atoms with van der Waals surface area (Å²) in [7, 11) is -3.32. The van der Waals surface area contributed by atoms with E-state index in [4.69, 9.17) is 10.5 Å². The van der Waals surface area contributed by atoms with Gasteiger partial charge in [0.05, 0.1) is 11.4 Å². The van der Waals surface area contributed by atoms with E-state index in [0.717, 1.165) is 12.8 Å². The average molecular weight is 312 g/mol. The zero-order chi connectivity index (χ0) is 15.3. The number of rotatable bonds is 7. The van der Waals surface area contributed by atoms with E-state index in [2.05, 4.69) is 4.72 Å². The van der Waals surface area contributed by atoms with E-state index in [-0.39, 0.29) is 18.4 Å². The van der Waals surface area contributed by atoms with Crippen LogP contribution in [0.5, 0.6) is 5.75 Å². The lowest BCUT2D eigenvalue weighted by Crippen LogP contribution is -2.39. The molecule has 1 aromatic rings. The van der Waals surface area contributed by atoms with Gasteiger partial charge in [0.2, 0.25) is 10.0 Å². The average Bonchev–Trinajstić information content (AvgIpc) is 2.94.